The molecule has 1 aromatic rings. The molecular weight excluding hydrogens is 210 g/mol. The summed E-state index contributed by atoms with van der Waals surface area (Å²) in [6.45, 7) is 0. The van der Waals surface area contributed by atoms with Crippen LogP contribution in [0.15, 0.2) is 35.9 Å². The van der Waals surface area contributed by atoms with Crippen molar-refractivity contribution >= 4 is 0 Å². The maximum Gasteiger partial charge on any atom is 0.119 e. The Hall–Kier alpha value is -1.28. The van der Waals surface area contributed by atoms with Crippen molar-refractivity contribution in [3.05, 3.63) is 41.5 Å². The van der Waals surface area contributed by atoms with Crippen LogP contribution >= 0.6 is 0 Å². The predicted molar refractivity (Wildman–Crippen MR) is 71.2 cm³/mol. The smallest absolute Gasteiger partial charge is 0.119 e. The maximum absolute atomic E-state index is 6.03. The Morgan fingerprint density at radius 3 is 3.06 bits per heavy atom. The van der Waals surface area contributed by atoms with Gasteiger partial charge >= 0.3 is 0 Å². The summed E-state index contributed by atoms with van der Waals surface area (Å²) in [7, 11) is 1.71. The molecule has 1 unspecified atom stereocenters. The van der Waals surface area contributed by atoms with Gasteiger partial charge in [-0.05, 0) is 43.4 Å². The van der Waals surface area contributed by atoms with Crippen LogP contribution in [0, 0.1) is 0 Å². The molecule has 1 aliphatic rings. The van der Waals surface area contributed by atoms with Gasteiger partial charge in [-0.1, -0.05) is 30.2 Å². The first-order valence-corrected chi connectivity index (χ1v) is 6.36. The largest absolute Gasteiger partial charge is 0.497 e. The Balaban J connectivity index is 2.08. The molecule has 0 bridgehead atoms. The number of ether oxygens (including phenoxy) is 1. The second-order valence-electron chi connectivity index (χ2n) is 4.76. The van der Waals surface area contributed by atoms with Gasteiger partial charge in [-0.2, -0.15) is 0 Å². The van der Waals surface area contributed by atoms with Crippen molar-refractivity contribution in [2.45, 2.75) is 38.1 Å². The second kappa shape index (κ2) is 5.87. The van der Waals surface area contributed by atoms with E-state index in [-0.39, 0.29) is 6.04 Å². The van der Waals surface area contributed by atoms with E-state index >= 15 is 0 Å². The Bertz CT molecular complexity index is 398. The Kier molecular flexibility index (Phi) is 4.21. The molecule has 0 spiro atoms. The summed E-state index contributed by atoms with van der Waals surface area (Å²) in [5.41, 5.74) is 8.82. The van der Waals surface area contributed by atoms with Crippen LogP contribution in [0.5, 0.6) is 5.75 Å². The van der Waals surface area contributed by atoms with E-state index in [0.29, 0.717) is 0 Å². The van der Waals surface area contributed by atoms with E-state index in [1.54, 1.807) is 7.11 Å². The van der Waals surface area contributed by atoms with Crippen LogP contribution < -0.4 is 10.5 Å². The van der Waals surface area contributed by atoms with Crippen molar-refractivity contribution in [2.75, 3.05) is 7.11 Å². The number of rotatable bonds is 3. The number of hydrogen-bond acceptors (Lipinski definition) is 2. The van der Waals surface area contributed by atoms with E-state index in [9.17, 15) is 0 Å². The fourth-order valence-electron chi connectivity index (χ4n) is 2.39. The lowest BCUT2D eigenvalue weighted by Gasteiger charge is -2.08. The van der Waals surface area contributed by atoms with Gasteiger partial charge in [-0.15, -0.1) is 0 Å². The summed E-state index contributed by atoms with van der Waals surface area (Å²) >= 11 is 0. The third kappa shape index (κ3) is 3.60. The molecular formula is C15H21NO. The molecule has 1 aromatic carbocycles. The molecule has 0 saturated carbocycles. The molecule has 0 radical (unpaired) electrons. The molecule has 17 heavy (non-hydrogen) atoms. The van der Waals surface area contributed by atoms with E-state index < -0.39 is 0 Å². The molecule has 2 N–H and O–H groups in total. The highest BCUT2D eigenvalue weighted by atomic mass is 16.5. The van der Waals surface area contributed by atoms with E-state index in [2.05, 4.69) is 18.2 Å². The minimum atomic E-state index is 0.248. The molecule has 0 heterocycles. The molecule has 0 amide bonds. The van der Waals surface area contributed by atoms with Crippen LogP contribution in [0.3, 0.4) is 0 Å². The molecule has 0 saturated heterocycles. The molecule has 2 nitrogen and oxygen atoms in total. The highest BCUT2D eigenvalue weighted by molar-refractivity contribution is 5.31. The van der Waals surface area contributed by atoms with Gasteiger partial charge in [0.25, 0.3) is 0 Å². The molecule has 92 valence electrons. The van der Waals surface area contributed by atoms with Crippen LogP contribution in [-0.4, -0.2) is 13.2 Å². The monoisotopic (exact) mass is 231 g/mol. The van der Waals surface area contributed by atoms with Gasteiger partial charge < -0.3 is 10.5 Å². The van der Waals surface area contributed by atoms with Crippen LogP contribution in [0.2, 0.25) is 0 Å². The van der Waals surface area contributed by atoms with Gasteiger partial charge in [-0.3, -0.25) is 0 Å². The molecule has 1 aliphatic carbocycles. The quantitative estimate of drug-likeness (QED) is 0.811. The zero-order chi connectivity index (χ0) is 12.1. The van der Waals surface area contributed by atoms with Crippen molar-refractivity contribution < 1.29 is 4.74 Å². The minimum absolute atomic E-state index is 0.248. The number of methoxy groups -OCH3 is 1. The lowest BCUT2D eigenvalue weighted by Crippen LogP contribution is -2.16. The first-order valence-electron chi connectivity index (χ1n) is 6.36. The van der Waals surface area contributed by atoms with Crippen molar-refractivity contribution in [1.29, 1.82) is 0 Å². The zero-order valence-corrected chi connectivity index (χ0v) is 10.5. The van der Waals surface area contributed by atoms with Gasteiger partial charge in [0, 0.05) is 6.04 Å². The third-order valence-corrected chi connectivity index (χ3v) is 3.30. The summed E-state index contributed by atoms with van der Waals surface area (Å²) in [6, 6.07) is 8.54. The van der Waals surface area contributed by atoms with Crippen molar-refractivity contribution in [3.63, 3.8) is 0 Å². The molecule has 2 heteroatoms. The van der Waals surface area contributed by atoms with E-state index in [1.807, 2.05) is 12.1 Å². The van der Waals surface area contributed by atoms with Crippen molar-refractivity contribution in [3.8, 4) is 5.75 Å². The second-order valence-corrected chi connectivity index (χ2v) is 4.76. The topological polar surface area (TPSA) is 35.2 Å². The van der Waals surface area contributed by atoms with E-state index in [4.69, 9.17) is 10.5 Å². The summed E-state index contributed by atoms with van der Waals surface area (Å²) < 4.78 is 5.25. The molecule has 1 atom stereocenters. The molecule has 0 aliphatic heterocycles. The standard InChI is InChI=1S/C15H21NO/c1-17-15-8-4-6-13(11-15)9-12-5-2-3-7-14(16)10-12/h4,6,8,10-11,14H,2-3,5,7,9,16H2,1H3. The van der Waals surface area contributed by atoms with Gasteiger partial charge in [0.15, 0.2) is 0 Å². The molecule has 2 rings (SSSR count). The maximum atomic E-state index is 6.03. The van der Waals surface area contributed by atoms with Crippen LogP contribution in [0.4, 0.5) is 0 Å². The predicted octanol–water partition coefficient (Wildman–Crippen LogP) is 3.07. The third-order valence-electron chi connectivity index (χ3n) is 3.30. The van der Waals surface area contributed by atoms with Crippen LogP contribution in [-0.2, 0) is 6.42 Å². The zero-order valence-electron chi connectivity index (χ0n) is 10.5. The lowest BCUT2D eigenvalue weighted by atomic mass is 10.0. The molecule has 0 fully saturated rings. The average molecular weight is 231 g/mol. The average Bonchev–Trinajstić information content (AvgIpc) is 2.54. The van der Waals surface area contributed by atoms with Crippen LogP contribution in [0.1, 0.15) is 31.2 Å². The van der Waals surface area contributed by atoms with E-state index in [0.717, 1.165) is 18.6 Å². The summed E-state index contributed by atoms with van der Waals surface area (Å²) in [4.78, 5) is 0. The number of nitrogens with two attached hydrogens (primary N) is 1. The van der Waals surface area contributed by atoms with E-state index in [1.165, 1.54) is 30.4 Å². The summed E-state index contributed by atoms with van der Waals surface area (Å²) in [5.74, 6) is 0.932. The van der Waals surface area contributed by atoms with Gasteiger partial charge in [0.1, 0.15) is 5.75 Å². The lowest BCUT2D eigenvalue weighted by molar-refractivity contribution is 0.414. The number of allylic oxidation sites excluding steroid dienone is 1. The van der Waals surface area contributed by atoms with Crippen LogP contribution in [0.25, 0.3) is 0 Å². The first-order chi connectivity index (χ1) is 8.28. The van der Waals surface area contributed by atoms with Crippen molar-refractivity contribution in [2.24, 2.45) is 5.73 Å². The van der Waals surface area contributed by atoms with Crippen molar-refractivity contribution in [1.82, 2.24) is 0 Å². The highest BCUT2D eigenvalue weighted by Crippen LogP contribution is 2.22. The fourth-order valence-corrected chi connectivity index (χ4v) is 2.39. The van der Waals surface area contributed by atoms with Gasteiger partial charge in [0.05, 0.1) is 7.11 Å². The Morgan fingerprint density at radius 2 is 2.24 bits per heavy atom. The first kappa shape index (κ1) is 12.2. The number of benzene rings is 1. The summed E-state index contributed by atoms with van der Waals surface area (Å²) in [5, 5.41) is 0. The normalized spacial score (nSPS) is 20.6. The van der Waals surface area contributed by atoms with Gasteiger partial charge in [0.2, 0.25) is 0 Å². The minimum Gasteiger partial charge on any atom is -0.497 e. The Morgan fingerprint density at radius 1 is 1.35 bits per heavy atom. The fraction of sp³-hybridized carbons (Fsp3) is 0.467. The van der Waals surface area contributed by atoms with Gasteiger partial charge in [-0.25, -0.2) is 0 Å². The summed E-state index contributed by atoms with van der Waals surface area (Å²) in [6.07, 6.45) is 8.09. The molecule has 0 aromatic heterocycles. The SMILES string of the molecule is COc1cccc(CC2=CC(N)CCCC2)c1. The number of hydrogen-bond donors (Lipinski definition) is 1. The highest BCUT2D eigenvalue weighted by Gasteiger charge is 2.09. The Labute approximate surface area is 103 Å².